The molecule has 5 nitrogen and oxygen atoms in total. The molecule has 1 aliphatic rings. The highest BCUT2D eigenvalue weighted by Crippen LogP contribution is 2.26. The Morgan fingerprint density at radius 2 is 1.95 bits per heavy atom. The molecule has 0 aromatic carbocycles. The maximum absolute atomic E-state index is 12.1. The number of anilines is 1. The summed E-state index contributed by atoms with van der Waals surface area (Å²) in [4.78, 5) is 8.06. The van der Waals surface area contributed by atoms with Crippen LogP contribution in [0.25, 0.3) is 0 Å². The van der Waals surface area contributed by atoms with Crippen LogP contribution in [0.15, 0.2) is 15.4 Å². The van der Waals surface area contributed by atoms with Crippen LogP contribution in [0.1, 0.15) is 32.1 Å². The molecule has 0 aliphatic heterocycles. The van der Waals surface area contributed by atoms with E-state index in [1.807, 2.05) is 0 Å². The number of hydrogen-bond acceptors (Lipinski definition) is 4. The van der Waals surface area contributed by atoms with Crippen LogP contribution in [0.5, 0.6) is 0 Å². The van der Waals surface area contributed by atoms with E-state index in [4.69, 9.17) is 0 Å². The molecule has 1 heterocycles. The monoisotopic (exact) mass is 411 g/mol. The number of sulfonamides is 1. The summed E-state index contributed by atoms with van der Waals surface area (Å²) in [6.45, 7) is 0. The molecule has 19 heavy (non-hydrogen) atoms. The van der Waals surface area contributed by atoms with E-state index in [9.17, 15) is 8.42 Å². The van der Waals surface area contributed by atoms with Gasteiger partial charge in [0.15, 0.2) is 10.4 Å². The molecular weight excluding hydrogens is 398 g/mol. The zero-order chi connectivity index (χ0) is 13.9. The van der Waals surface area contributed by atoms with E-state index in [1.54, 1.807) is 0 Å². The van der Waals surface area contributed by atoms with Gasteiger partial charge in [-0.1, -0.05) is 19.3 Å². The summed E-state index contributed by atoms with van der Waals surface area (Å²) >= 11 is 6.37. The van der Waals surface area contributed by atoms with Crippen molar-refractivity contribution < 1.29 is 8.42 Å². The zero-order valence-corrected chi connectivity index (χ0v) is 14.3. The summed E-state index contributed by atoms with van der Waals surface area (Å²) < 4.78 is 27.6. The van der Waals surface area contributed by atoms with Crippen molar-refractivity contribution in [3.63, 3.8) is 0 Å². The molecule has 0 spiro atoms. The van der Waals surface area contributed by atoms with Gasteiger partial charge in [0.2, 0.25) is 10.0 Å². The minimum atomic E-state index is -3.37. The van der Waals surface area contributed by atoms with E-state index in [-0.39, 0.29) is 17.5 Å². The van der Waals surface area contributed by atoms with Gasteiger partial charge in [0.1, 0.15) is 4.60 Å². The van der Waals surface area contributed by atoms with Gasteiger partial charge in [0.05, 0.1) is 11.9 Å². The van der Waals surface area contributed by atoms with Crippen LogP contribution in [0.4, 0.5) is 5.82 Å². The van der Waals surface area contributed by atoms with E-state index >= 15 is 0 Å². The first-order valence-electron chi connectivity index (χ1n) is 6.15. The predicted molar refractivity (Wildman–Crippen MR) is 81.4 cm³/mol. The molecule has 0 bridgehead atoms. The van der Waals surface area contributed by atoms with Gasteiger partial charge in [0.25, 0.3) is 0 Å². The molecule has 1 aliphatic carbocycles. The van der Waals surface area contributed by atoms with Gasteiger partial charge in [0, 0.05) is 0 Å². The molecule has 1 aromatic rings. The molecule has 0 atom stereocenters. The van der Waals surface area contributed by atoms with Crippen molar-refractivity contribution in [2.24, 2.45) is 5.92 Å². The zero-order valence-electron chi connectivity index (χ0n) is 10.3. The molecule has 1 fully saturated rings. The fourth-order valence-corrected chi connectivity index (χ4v) is 4.79. The largest absolute Gasteiger partial charge is 0.265 e. The van der Waals surface area contributed by atoms with Gasteiger partial charge < -0.3 is 0 Å². The Hall–Kier alpha value is -0.210. The summed E-state index contributed by atoms with van der Waals surface area (Å²) in [6, 6.07) is 0. The molecular formula is C11H15Br2N3O2S. The van der Waals surface area contributed by atoms with Crippen LogP contribution in [0.3, 0.4) is 0 Å². The maximum atomic E-state index is 12.1. The first kappa shape index (κ1) is 15.2. The van der Waals surface area contributed by atoms with Crippen molar-refractivity contribution in [1.82, 2.24) is 9.97 Å². The standard InChI is InChI=1S/C11H15Br2N3O2S/c12-9-6-14-11(10(13)15-9)16-19(17,18)7-8-4-2-1-3-5-8/h6,8H,1-5,7H2,(H,14,16). The van der Waals surface area contributed by atoms with Gasteiger partial charge in [-0.25, -0.2) is 18.4 Å². The molecule has 106 valence electrons. The number of nitrogens with one attached hydrogen (secondary N) is 1. The molecule has 1 saturated carbocycles. The van der Waals surface area contributed by atoms with Crippen LogP contribution in [0, 0.1) is 5.92 Å². The molecule has 2 rings (SSSR count). The fourth-order valence-electron chi connectivity index (χ4n) is 2.27. The van der Waals surface area contributed by atoms with E-state index < -0.39 is 10.0 Å². The van der Waals surface area contributed by atoms with Crippen LogP contribution >= 0.6 is 31.9 Å². The second kappa shape index (κ2) is 6.49. The van der Waals surface area contributed by atoms with Crippen LogP contribution < -0.4 is 4.72 Å². The molecule has 1 N–H and O–H groups in total. The molecule has 0 saturated heterocycles. The summed E-state index contributed by atoms with van der Waals surface area (Å²) in [7, 11) is -3.37. The first-order valence-corrected chi connectivity index (χ1v) is 9.38. The lowest BCUT2D eigenvalue weighted by molar-refractivity contribution is 0.385. The van der Waals surface area contributed by atoms with Gasteiger partial charge in [-0.15, -0.1) is 0 Å². The summed E-state index contributed by atoms with van der Waals surface area (Å²) in [5.74, 6) is 0.657. The third kappa shape index (κ3) is 4.68. The fraction of sp³-hybridized carbons (Fsp3) is 0.636. The number of rotatable bonds is 4. The van der Waals surface area contributed by atoms with Crippen molar-refractivity contribution in [1.29, 1.82) is 0 Å². The van der Waals surface area contributed by atoms with Gasteiger partial charge in [-0.05, 0) is 50.6 Å². The van der Waals surface area contributed by atoms with E-state index in [1.165, 1.54) is 12.6 Å². The lowest BCUT2D eigenvalue weighted by Gasteiger charge is -2.21. The van der Waals surface area contributed by atoms with Gasteiger partial charge in [-0.2, -0.15) is 0 Å². The lowest BCUT2D eigenvalue weighted by atomic mass is 9.91. The van der Waals surface area contributed by atoms with Crippen LogP contribution in [-0.4, -0.2) is 24.1 Å². The SMILES string of the molecule is O=S(=O)(CC1CCCCC1)Nc1ncc(Br)nc1Br. The molecule has 0 amide bonds. The second-order valence-corrected chi connectivity index (χ2v) is 8.05. The number of hydrogen-bond donors (Lipinski definition) is 1. The number of nitrogens with zero attached hydrogens (tertiary/aromatic N) is 2. The normalized spacial score (nSPS) is 17.4. The summed E-state index contributed by atoms with van der Waals surface area (Å²) in [6.07, 6.45) is 6.92. The first-order chi connectivity index (χ1) is 8.96. The highest BCUT2D eigenvalue weighted by molar-refractivity contribution is 9.11. The van der Waals surface area contributed by atoms with Crippen LogP contribution in [-0.2, 0) is 10.0 Å². The Bertz CT molecular complexity index is 545. The van der Waals surface area contributed by atoms with Crippen LogP contribution in [0.2, 0.25) is 0 Å². The van der Waals surface area contributed by atoms with E-state index in [0.717, 1.165) is 25.7 Å². The maximum Gasteiger partial charge on any atom is 0.234 e. The predicted octanol–water partition coefficient (Wildman–Crippen LogP) is 3.32. The van der Waals surface area contributed by atoms with Crippen molar-refractivity contribution in [2.75, 3.05) is 10.5 Å². The topological polar surface area (TPSA) is 72.0 Å². The van der Waals surface area contributed by atoms with E-state index in [0.29, 0.717) is 9.21 Å². The average Bonchev–Trinajstić information content (AvgIpc) is 2.33. The molecule has 8 heteroatoms. The summed E-state index contributed by atoms with van der Waals surface area (Å²) in [5.41, 5.74) is 0. The minimum Gasteiger partial charge on any atom is -0.265 e. The average molecular weight is 413 g/mol. The Morgan fingerprint density at radius 3 is 2.58 bits per heavy atom. The molecule has 1 aromatic heterocycles. The molecule has 0 unspecified atom stereocenters. The van der Waals surface area contributed by atoms with E-state index in [2.05, 4.69) is 46.5 Å². The minimum absolute atomic E-state index is 0.164. The highest BCUT2D eigenvalue weighted by atomic mass is 79.9. The van der Waals surface area contributed by atoms with Gasteiger partial charge in [-0.3, -0.25) is 4.72 Å². The molecule has 0 radical (unpaired) electrons. The van der Waals surface area contributed by atoms with Gasteiger partial charge >= 0.3 is 0 Å². The van der Waals surface area contributed by atoms with Crippen molar-refractivity contribution in [2.45, 2.75) is 32.1 Å². The third-order valence-corrected chi connectivity index (χ3v) is 5.48. The van der Waals surface area contributed by atoms with Crippen molar-refractivity contribution in [3.05, 3.63) is 15.4 Å². The Kier molecular flexibility index (Phi) is 5.19. The van der Waals surface area contributed by atoms with Crippen molar-refractivity contribution in [3.8, 4) is 0 Å². The summed E-state index contributed by atoms with van der Waals surface area (Å²) in [5, 5.41) is 0. The van der Waals surface area contributed by atoms with Crippen molar-refractivity contribution >= 4 is 47.7 Å². The second-order valence-electron chi connectivity index (χ2n) is 4.72. The Morgan fingerprint density at radius 1 is 1.26 bits per heavy atom. The number of halogens is 2. The smallest absolute Gasteiger partial charge is 0.234 e. The lowest BCUT2D eigenvalue weighted by Crippen LogP contribution is -2.24. The quantitative estimate of drug-likeness (QED) is 0.823. The third-order valence-electron chi connectivity index (χ3n) is 3.13. The number of aromatic nitrogens is 2. The highest BCUT2D eigenvalue weighted by Gasteiger charge is 2.22. The Labute approximate surface area is 129 Å². The Balaban J connectivity index is 2.03.